The fourth-order valence-electron chi connectivity index (χ4n) is 1.97. The first-order valence-electron chi connectivity index (χ1n) is 8.32. The molecule has 0 radical (unpaired) electrons. The maximum absolute atomic E-state index is 12.5. The summed E-state index contributed by atoms with van der Waals surface area (Å²) in [5.41, 5.74) is -0.570. The van der Waals surface area contributed by atoms with Crippen molar-refractivity contribution >= 4 is 17.8 Å². The van der Waals surface area contributed by atoms with E-state index in [4.69, 9.17) is 4.74 Å². The van der Waals surface area contributed by atoms with Gasteiger partial charge in [0.2, 0.25) is 11.9 Å². The molecule has 1 rings (SSSR count). The van der Waals surface area contributed by atoms with Crippen molar-refractivity contribution in [2.24, 2.45) is 0 Å². The third-order valence-corrected chi connectivity index (χ3v) is 3.10. The number of carbonyl (C=O) groups is 2. The molecule has 0 aromatic carbocycles. The molecule has 140 valence electrons. The summed E-state index contributed by atoms with van der Waals surface area (Å²) in [6.07, 6.45) is 3.50. The predicted molar refractivity (Wildman–Crippen MR) is 96.1 cm³/mol. The molecule has 0 saturated heterocycles. The number of carbonyl (C=O) groups excluding carboxylic acids is 2. The SMILES string of the molecule is CN(C)CCN(CC(=O)OC(C)(C)C)C(=O)CCNc1ncccn1. The van der Waals surface area contributed by atoms with Gasteiger partial charge in [0.05, 0.1) is 0 Å². The van der Waals surface area contributed by atoms with Crippen molar-refractivity contribution in [2.75, 3.05) is 45.6 Å². The number of nitrogens with zero attached hydrogens (tertiary/aromatic N) is 4. The topological polar surface area (TPSA) is 87.7 Å². The Morgan fingerprint density at radius 2 is 1.80 bits per heavy atom. The Labute approximate surface area is 149 Å². The second kappa shape index (κ2) is 9.93. The van der Waals surface area contributed by atoms with Crippen LogP contribution in [-0.4, -0.2) is 77.5 Å². The Bertz CT molecular complexity index is 543. The monoisotopic (exact) mass is 351 g/mol. The van der Waals surface area contributed by atoms with Crippen molar-refractivity contribution in [2.45, 2.75) is 32.8 Å². The van der Waals surface area contributed by atoms with Crippen LogP contribution in [0, 0.1) is 0 Å². The van der Waals surface area contributed by atoms with E-state index in [0.29, 0.717) is 25.6 Å². The number of hydrogen-bond acceptors (Lipinski definition) is 7. The minimum atomic E-state index is -0.570. The summed E-state index contributed by atoms with van der Waals surface area (Å²) in [4.78, 5) is 36.1. The molecular formula is C17H29N5O3. The van der Waals surface area contributed by atoms with Gasteiger partial charge in [0.1, 0.15) is 12.1 Å². The van der Waals surface area contributed by atoms with Crippen LogP contribution in [0.15, 0.2) is 18.5 Å². The minimum absolute atomic E-state index is 0.0498. The van der Waals surface area contributed by atoms with Gasteiger partial charge in [0.25, 0.3) is 0 Å². The average molecular weight is 351 g/mol. The summed E-state index contributed by atoms with van der Waals surface area (Å²) >= 11 is 0. The van der Waals surface area contributed by atoms with E-state index in [2.05, 4.69) is 15.3 Å². The first-order chi connectivity index (χ1) is 11.7. The zero-order valence-electron chi connectivity index (χ0n) is 15.8. The van der Waals surface area contributed by atoms with Crippen LogP contribution in [0.4, 0.5) is 5.95 Å². The van der Waals surface area contributed by atoms with Crippen LogP contribution in [0.25, 0.3) is 0 Å². The highest BCUT2D eigenvalue weighted by molar-refractivity contribution is 5.82. The number of nitrogens with one attached hydrogen (secondary N) is 1. The van der Waals surface area contributed by atoms with Gasteiger partial charge in [-0.25, -0.2) is 9.97 Å². The van der Waals surface area contributed by atoms with Crippen LogP contribution in [-0.2, 0) is 14.3 Å². The number of esters is 1. The number of ether oxygens (including phenoxy) is 1. The summed E-state index contributed by atoms with van der Waals surface area (Å²) < 4.78 is 5.32. The van der Waals surface area contributed by atoms with Crippen molar-refractivity contribution in [3.63, 3.8) is 0 Å². The Morgan fingerprint density at radius 3 is 2.36 bits per heavy atom. The highest BCUT2D eigenvalue weighted by Gasteiger charge is 2.22. The van der Waals surface area contributed by atoms with Gasteiger partial charge in [-0.05, 0) is 40.9 Å². The number of hydrogen-bond donors (Lipinski definition) is 1. The quantitative estimate of drug-likeness (QED) is 0.664. The fraction of sp³-hybridized carbons (Fsp3) is 0.647. The highest BCUT2D eigenvalue weighted by Crippen LogP contribution is 2.08. The maximum Gasteiger partial charge on any atom is 0.326 e. The number of aromatic nitrogens is 2. The Morgan fingerprint density at radius 1 is 1.16 bits per heavy atom. The lowest BCUT2D eigenvalue weighted by Crippen LogP contribution is -2.42. The third-order valence-electron chi connectivity index (χ3n) is 3.10. The Balaban J connectivity index is 2.54. The van der Waals surface area contributed by atoms with Gasteiger partial charge in [-0.3, -0.25) is 9.59 Å². The molecule has 0 aliphatic heterocycles. The summed E-state index contributed by atoms with van der Waals surface area (Å²) in [5.74, 6) is -0.0441. The van der Waals surface area contributed by atoms with Crippen LogP contribution < -0.4 is 5.32 Å². The molecule has 0 atom stereocenters. The third kappa shape index (κ3) is 9.61. The smallest absolute Gasteiger partial charge is 0.326 e. The van der Waals surface area contributed by atoms with Gasteiger partial charge in [0, 0.05) is 38.4 Å². The van der Waals surface area contributed by atoms with Crippen molar-refractivity contribution < 1.29 is 14.3 Å². The molecule has 1 aromatic heterocycles. The molecule has 0 aliphatic carbocycles. The Hall–Kier alpha value is -2.22. The second-order valence-corrected chi connectivity index (χ2v) is 6.95. The molecule has 0 saturated carbocycles. The molecule has 8 heteroatoms. The zero-order valence-corrected chi connectivity index (χ0v) is 15.8. The summed E-state index contributed by atoms with van der Waals surface area (Å²) in [6, 6.07) is 1.72. The standard InChI is InChI=1S/C17H29N5O3/c1-17(2,3)25-15(24)13-22(12-11-21(4)5)14(23)7-10-20-16-18-8-6-9-19-16/h6,8-9H,7,10-13H2,1-5H3,(H,18,19,20). The first-order valence-corrected chi connectivity index (χ1v) is 8.32. The fourth-order valence-corrected chi connectivity index (χ4v) is 1.97. The maximum atomic E-state index is 12.5. The van der Waals surface area contributed by atoms with E-state index in [1.165, 1.54) is 4.90 Å². The van der Waals surface area contributed by atoms with Crippen LogP contribution in [0.1, 0.15) is 27.2 Å². The number of anilines is 1. The lowest BCUT2D eigenvalue weighted by atomic mass is 10.2. The van der Waals surface area contributed by atoms with Crippen molar-refractivity contribution in [3.05, 3.63) is 18.5 Å². The van der Waals surface area contributed by atoms with Gasteiger partial charge >= 0.3 is 5.97 Å². The van der Waals surface area contributed by atoms with E-state index in [1.807, 2.05) is 19.0 Å². The van der Waals surface area contributed by atoms with E-state index >= 15 is 0 Å². The molecule has 0 spiro atoms. The molecule has 0 unspecified atom stereocenters. The van der Waals surface area contributed by atoms with Crippen molar-refractivity contribution in [3.8, 4) is 0 Å². The molecule has 0 aliphatic rings. The summed E-state index contributed by atoms with van der Waals surface area (Å²) in [6.45, 7) is 6.90. The van der Waals surface area contributed by atoms with Crippen LogP contribution in [0.5, 0.6) is 0 Å². The molecule has 8 nitrogen and oxygen atoms in total. The molecule has 0 bridgehead atoms. The van der Waals surface area contributed by atoms with Crippen LogP contribution >= 0.6 is 0 Å². The van der Waals surface area contributed by atoms with Crippen LogP contribution in [0.2, 0.25) is 0 Å². The van der Waals surface area contributed by atoms with Crippen molar-refractivity contribution in [1.82, 2.24) is 19.8 Å². The lowest BCUT2D eigenvalue weighted by Gasteiger charge is -2.26. The van der Waals surface area contributed by atoms with Gasteiger partial charge < -0.3 is 19.9 Å². The first kappa shape index (κ1) is 20.8. The normalized spacial score (nSPS) is 11.3. The lowest BCUT2D eigenvalue weighted by molar-refractivity contribution is -0.158. The highest BCUT2D eigenvalue weighted by atomic mass is 16.6. The molecule has 1 N–H and O–H groups in total. The number of amides is 1. The van der Waals surface area contributed by atoms with Gasteiger partial charge in [-0.1, -0.05) is 0 Å². The molecular weight excluding hydrogens is 322 g/mol. The molecule has 25 heavy (non-hydrogen) atoms. The van der Waals surface area contributed by atoms with E-state index in [-0.39, 0.29) is 18.9 Å². The largest absolute Gasteiger partial charge is 0.459 e. The minimum Gasteiger partial charge on any atom is -0.459 e. The second-order valence-electron chi connectivity index (χ2n) is 6.95. The molecule has 1 amide bonds. The number of likely N-dealkylation sites (N-methyl/N-ethyl adjacent to an activating group) is 1. The summed E-state index contributed by atoms with van der Waals surface area (Å²) in [5, 5.41) is 2.99. The average Bonchev–Trinajstić information content (AvgIpc) is 2.50. The summed E-state index contributed by atoms with van der Waals surface area (Å²) in [7, 11) is 3.84. The van der Waals surface area contributed by atoms with E-state index in [1.54, 1.807) is 39.2 Å². The van der Waals surface area contributed by atoms with E-state index in [9.17, 15) is 9.59 Å². The van der Waals surface area contributed by atoms with Gasteiger partial charge in [0.15, 0.2) is 0 Å². The number of rotatable bonds is 9. The van der Waals surface area contributed by atoms with Crippen molar-refractivity contribution in [1.29, 1.82) is 0 Å². The van der Waals surface area contributed by atoms with Crippen LogP contribution in [0.3, 0.4) is 0 Å². The zero-order chi connectivity index (χ0) is 18.9. The van der Waals surface area contributed by atoms with E-state index < -0.39 is 11.6 Å². The van der Waals surface area contributed by atoms with Gasteiger partial charge in [-0.2, -0.15) is 0 Å². The van der Waals surface area contributed by atoms with Gasteiger partial charge in [-0.15, -0.1) is 0 Å². The molecule has 1 aromatic rings. The molecule has 1 heterocycles. The predicted octanol–water partition coefficient (Wildman–Crippen LogP) is 1.01. The Kier molecular flexibility index (Phi) is 8.27. The molecule has 0 fully saturated rings. The van der Waals surface area contributed by atoms with E-state index in [0.717, 1.165) is 0 Å².